The van der Waals surface area contributed by atoms with E-state index >= 15 is 0 Å². The Bertz CT molecular complexity index is 1350. The smallest absolute Gasteiger partial charge is 0.279 e. The molecule has 0 bridgehead atoms. The molecule has 6 heteroatoms. The van der Waals surface area contributed by atoms with Gasteiger partial charge in [-0.1, -0.05) is 53.8 Å². The van der Waals surface area contributed by atoms with Crippen LogP contribution in [0.3, 0.4) is 0 Å². The first-order chi connectivity index (χ1) is 15.5. The molecule has 1 amide bonds. The highest BCUT2D eigenvalue weighted by molar-refractivity contribution is 7.16. The summed E-state index contributed by atoms with van der Waals surface area (Å²) in [5, 5.41) is 0. The lowest BCUT2D eigenvalue weighted by molar-refractivity contribution is 0.0994. The molecule has 4 rings (SSSR count). The van der Waals surface area contributed by atoms with Crippen molar-refractivity contribution >= 4 is 33.2 Å². The average Bonchev–Trinajstić information content (AvgIpc) is 3.13. The number of fused-ring (bicyclic) bond motifs is 1. The molecule has 0 radical (unpaired) electrons. The molecule has 0 unspecified atom stereocenters. The molecule has 0 saturated carbocycles. The zero-order valence-electron chi connectivity index (χ0n) is 18.3. The molecule has 162 valence electrons. The summed E-state index contributed by atoms with van der Waals surface area (Å²) in [5.74, 6) is -0.413. The zero-order chi connectivity index (χ0) is 22.7. The van der Waals surface area contributed by atoms with Gasteiger partial charge in [0.15, 0.2) is 10.6 Å². The summed E-state index contributed by atoms with van der Waals surface area (Å²) >= 11 is 1.49. The molecule has 32 heavy (non-hydrogen) atoms. The fourth-order valence-corrected chi connectivity index (χ4v) is 4.61. The highest BCUT2D eigenvalue weighted by Gasteiger charge is 2.13. The number of hydrogen-bond donors (Lipinski definition) is 0. The summed E-state index contributed by atoms with van der Waals surface area (Å²) in [6, 6.07) is 20.0. The first-order valence-corrected chi connectivity index (χ1v) is 11.2. The van der Waals surface area contributed by atoms with Crippen molar-refractivity contribution < 1.29 is 14.3 Å². The van der Waals surface area contributed by atoms with Gasteiger partial charge in [0.05, 0.1) is 16.8 Å². The molecule has 0 aliphatic heterocycles. The molecule has 1 heterocycles. The maximum absolute atomic E-state index is 12.9. The number of carbonyl (C=O) groups excluding carboxylic acids is 2. The molecule has 1 aromatic heterocycles. The van der Waals surface area contributed by atoms with Gasteiger partial charge in [0, 0.05) is 30.3 Å². The van der Waals surface area contributed by atoms with Crippen molar-refractivity contribution in [3.05, 3.63) is 99.3 Å². The maximum Gasteiger partial charge on any atom is 0.279 e. The molecule has 4 aromatic rings. The van der Waals surface area contributed by atoms with Gasteiger partial charge in [-0.05, 0) is 49.2 Å². The van der Waals surface area contributed by atoms with E-state index in [1.807, 2.05) is 22.8 Å². The lowest BCUT2D eigenvalue weighted by atomic mass is 10.0. The molecular weight excluding hydrogens is 420 g/mol. The highest BCUT2D eigenvalue weighted by atomic mass is 32.1. The van der Waals surface area contributed by atoms with E-state index in [0.717, 1.165) is 10.2 Å². The van der Waals surface area contributed by atoms with Crippen LogP contribution >= 0.6 is 11.3 Å². The minimum Gasteiger partial charge on any atom is -0.383 e. The van der Waals surface area contributed by atoms with Crippen LogP contribution in [-0.2, 0) is 11.3 Å². The standard InChI is InChI=1S/C26H24N2O3S/c1-17-15-22-23(16-18(17)2)32-26(28(22)13-14-31-3)27-25(30)21-11-9-20(10-12-21)24(29)19-7-5-4-6-8-19/h4-12,15-16H,13-14H2,1-3H3. The molecule has 0 spiro atoms. The van der Waals surface area contributed by atoms with Crippen molar-refractivity contribution in [3.8, 4) is 0 Å². The molecule has 0 saturated heterocycles. The van der Waals surface area contributed by atoms with Crippen molar-refractivity contribution in [2.24, 2.45) is 4.99 Å². The number of nitrogens with zero attached hydrogens (tertiary/aromatic N) is 2. The predicted molar refractivity (Wildman–Crippen MR) is 127 cm³/mol. The second kappa shape index (κ2) is 9.42. The number of carbonyl (C=O) groups is 2. The molecule has 5 nitrogen and oxygen atoms in total. The van der Waals surface area contributed by atoms with Crippen molar-refractivity contribution in [2.75, 3.05) is 13.7 Å². The Balaban J connectivity index is 1.68. The number of ketones is 1. The van der Waals surface area contributed by atoms with Crippen LogP contribution in [0.25, 0.3) is 10.2 Å². The van der Waals surface area contributed by atoms with Gasteiger partial charge in [-0.2, -0.15) is 4.99 Å². The van der Waals surface area contributed by atoms with Gasteiger partial charge >= 0.3 is 0 Å². The number of aryl methyl sites for hydroxylation is 2. The van der Waals surface area contributed by atoms with Gasteiger partial charge < -0.3 is 9.30 Å². The minimum atomic E-state index is -0.338. The van der Waals surface area contributed by atoms with Gasteiger partial charge in [0.25, 0.3) is 5.91 Å². The van der Waals surface area contributed by atoms with Crippen LogP contribution in [0.15, 0.2) is 71.7 Å². The number of amides is 1. The molecule has 0 aliphatic rings. The van der Waals surface area contributed by atoms with E-state index < -0.39 is 0 Å². The average molecular weight is 445 g/mol. The Morgan fingerprint density at radius 1 is 0.906 bits per heavy atom. The van der Waals surface area contributed by atoms with Crippen LogP contribution in [0, 0.1) is 13.8 Å². The van der Waals surface area contributed by atoms with Gasteiger partial charge in [0.1, 0.15) is 0 Å². The quantitative estimate of drug-likeness (QED) is 0.396. The summed E-state index contributed by atoms with van der Waals surface area (Å²) in [6.07, 6.45) is 0. The fraction of sp³-hybridized carbons (Fsp3) is 0.192. The number of methoxy groups -OCH3 is 1. The number of aromatic nitrogens is 1. The summed E-state index contributed by atoms with van der Waals surface area (Å²) < 4.78 is 8.37. The second-order valence-electron chi connectivity index (χ2n) is 7.62. The number of hydrogen-bond acceptors (Lipinski definition) is 4. The number of benzene rings is 3. The van der Waals surface area contributed by atoms with Crippen molar-refractivity contribution in [2.45, 2.75) is 20.4 Å². The van der Waals surface area contributed by atoms with E-state index in [1.165, 1.54) is 22.5 Å². The van der Waals surface area contributed by atoms with Crippen LogP contribution in [0.5, 0.6) is 0 Å². The summed E-state index contributed by atoms with van der Waals surface area (Å²) in [5.41, 5.74) is 5.04. The summed E-state index contributed by atoms with van der Waals surface area (Å²) in [4.78, 5) is 30.6. The number of thiazole rings is 1. The van der Waals surface area contributed by atoms with Crippen molar-refractivity contribution in [1.29, 1.82) is 0 Å². The minimum absolute atomic E-state index is 0.0748. The lowest BCUT2D eigenvalue weighted by Crippen LogP contribution is -2.19. The second-order valence-corrected chi connectivity index (χ2v) is 8.63. The number of rotatable bonds is 6. The van der Waals surface area contributed by atoms with E-state index in [-0.39, 0.29) is 11.7 Å². The van der Waals surface area contributed by atoms with E-state index in [2.05, 4.69) is 31.0 Å². The van der Waals surface area contributed by atoms with Crippen LogP contribution in [0.2, 0.25) is 0 Å². The topological polar surface area (TPSA) is 60.7 Å². The Morgan fingerprint density at radius 3 is 2.22 bits per heavy atom. The molecular formula is C26H24N2O3S. The third-order valence-electron chi connectivity index (χ3n) is 5.44. The zero-order valence-corrected chi connectivity index (χ0v) is 19.1. The van der Waals surface area contributed by atoms with Crippen molar-refractivity contribution in [1.82, 2.24) is 4.57 Å². The lowest BCUT2D eigenvalue weighted by Gasteiger charge is -2.06. The Hall–Kier alpha value is -3.35. The van der Waals surface area contributed by atoms with Gasteiger partial charge in [0.2, 0.25) is 0 Å². The van der Waals surface area contributed by atoms with Crippen LogP contribution in [0.1, 0.15) is 37.4 Å². The predicted octanol–water partition coefficient (Wildman–Crippen LogP) is 4.94. The van der Waals surface area contributed by atoms with Crippen molar-refractivity contribution in [3.63, 3.8) is 0 Å². The fourth-order valence-electron chi connectivity index (χ4n) is 3.48. The largest absolute Gasteiger partial charge is 0.383 e. The monoisotopic (exact) mass is 444 g/mol. The first-order valence-electron chi connectivity index (χ1n) is 10.4. The molecule has 0 N–H and O–H groups in total. The highest BCUT2D eigenvalue weighted by Crippen LogP contribution is 2.22. The van der Waals surface area contributed by atoms with E-state index in [1.54, 1.807) is 43.5 Å². The Morgan fingerprint density at radius 2 is 1.53 bits per heavy atom. The van der Waals surface area contributed by atoms with E-state index in [0.29, 0.717) is 34.6 Å². The molecule has 0 fully saturated rings. The van der Waals surface area contributed by atoms with Gasteiger partial charge in [-0.15, -0.1) is 0 Å². The summed E-state index contributed by atoms with van der Waals surface area (Å²) in [6.45, 7) is 5.29. The first kappa shape index (κ1) is 21.9. The van der Waals surface area contributed by atoms with E-state index in [9.17, 15) is 9.59 Å². The number of ether oxygens (including phenoxy) is 1. The molecule has 3 aromatic carbocycles. The summed E-state index contributed by atoms with van der Waals surface area (Å²) in [7, 11) is 1.66. The van der Waals surface area contributed by atoms with Crippen LogP contribution < -0.4 is 4.80 Å². The third kappa shape index (κ3) is 4.47. The molecule has 0 aliphatic carbocycles. The Kier molecular flexibility index (Phi) is 6.44. The third-order valence-corrected chi connectivity index (χ3v) is 6.49. The maximum atomic E-state index is 12.9. The normalized spacial score (nSPS) is 11.8. The van der Waals surface area contributed by atoms with Crippen LogP contribution in [-0.4, -0.2) is 30.0 Å². The van der Waals surface area contributed by atoms with E-state index in [4.69, 9.17) is 4.74 Å². The SMILES string of the molecule is COCCn1c(=NC(=O)c2ccc(C(=O)c3ccccc3)cc2)sc2cc(C)c(C)cc21. The van der Waals surface area contributed by atoms with Gasteiger partial charge in [-0.3, -0.25) is 9.59 Å². The molecule has 0 atom stereocenters. The van der Waals surface area contributed by atoms with Gasteiger partial charge in [-0.25, -0.2) is 0 Å². The Labute approximate surface area is 190 Å². The van der Waals surface area contributed by atoms with Crippen LogP contribution in [0.4, 0.5) is 0 Å².